The number of hydrogen-bond donors (Lipinski definition) is 0. The highest BCUT2D eigenvalue weighted by molar-refractivity contribution is 9.11. The number of rotatable bonds is 3. The third-order valence-corrected chi connectivity index (χ3v) is 4.57. The largest absolute Gasteiger partial charge is 0.416 e. The van der Waals surface area contributed by atoms with Gasteiger partial charge >= 0.3 is 6.18 Å². The second-order valence-corrected chi connectivity index (χ2v) is 6.83. The van der Waals surface area contributed by atoms with Gasteiger partial charge in [-0.25, -0.2) is 0 Å². The lowest BCUT2D eigenvalue weighted by Gasteiger charge is -2.13. The second-order valence-electron chi connectivity index (χ2n) is 4.53. The van der Waals surface area contributed by atoms with Crippen LogP contribution in [0.1, 0.15) is 22.1 Å². The first kappa shape index (κ1) is 16.8. The highest BCUT2D eigenvalue weighted by atomic mass is 79.9. The maximum absolute atomic E-state index is 12.5. The Morgan fingerprint density at radius 1 is 1.00 bits per heavy atom. The molecule has 1 atom stereocenters. The van der Waals surface area contributed by atoms with Gasteiger partial charge in [-0.15, -0.1) is 11.6 Å². The fraction of sp³-hybridized carbons (Fsp3) is 0.200. The van der Waals surface area contributed by atoms with Gasteiger partial charge in [-0.3, -0.25) is 0 Å². The lowest BCUT2D eigenvalue weighted by atomic mass is 10.0. The molecule has 112 valence electrons. The van der Waals surface area contributed by atoms with Crippen LogP contribution in [0.25, 0.3) is 0 Å². The van der Waals surface area contributed by atoms with Crippen LogP contribution in [-0.4, -0.2) is 0 Å². The van der Waals surface area contributed by atoms with Crippen molar-refractivity contribution in [3.63, 3.8) is 0 Å². The van der Waals surface area contributed by atoms with Crippen molar-refractivity contribution in [1.82, 2.24) is 0 Å². The van der Waals surface area contributed by atoms with E-state index in [1.807, 2.05) is 18.2 Å². The Labute approximate surface area is 142 Å². The molecule has 1 unspecified atom stereocenters. The molecule has 0 spiro atoms. The zero-order valence-electron chi connectivity index (χ0n) is 10.6. The number of halogens is 6. The quantitative estimate of drug-likeness (QED) is 0.461. The van der Waals surface area contributed by atoms with Crippen LogP contribution in [0.5, 0.6) is 0 Å². The summed E-state index contributed by atoms with van der Waals surface area (Å²) >= 11 is 13.2. The minimum atomic E-state index is -4.31. The normalized spacial score (nSPS) is 13.2. The molecule has 0 aliphatic heterocycles. The molecule has 0 N–H and O–H groups in total. The molecule has 2 aromatic rings. The monoisotopic (exact) mass is 440 g/mol. The lowest BCUT2D eigenvalue weighted by molar-refractivity contribution is -0.137. The minimum Gasteiger partial charge on any atom is -0.166 e. The van der Waals surface area contributed by atoms with Crippen LogP contribution in [0.15, 0.2) is 51.4 Å². The van der Waals surface area contributed by atoms with Crippen molar-refractivity contribution in [1.29, 1.82) is 0 Å². The van der Waals surface area contributed by atoms with E-state index < -0.39 is 11.7 Å². The molecule has 0 aromatic heterocycles. The van der Waals surface area contributed by atoms with Crippen LogP contribution in [0.2, 0.25) is 0 Å². The van der Waals surface area contributed by atoms with Gasteiger partial charge in [-0.05, 0) is 41.8 Å². The molecule has 2 rings (SSSR count). The number of alkyl halides is 4. The van der Waals surface area contributed by atoms with Crippen molar-refractivity contribution in [3.05, 3.63) is 68.1 Å². The molecule has 0 saturated heterocycles. The van der Waals surface area contributed by atoms with Gasteiger partial charge in [0.1, 0.15) is 0 Å². The summed E-state index contributed by atoms with van der Waals surface area (Å²) < 4.78 is 39.3. The summed E-state index contributed by atoms with van der Waals surface area (Å²) in [6.45, 7) is 0. The standard InChI is InChI=1S/C15H10Br2ClF3/c16-11-5-6-12(13(17)8-11)14(18)7-9-1-3-10(4-2-9)15(19,20)21/h1-6,8,14H,7H2. The van der Waals surface area contributed by atoms with E-state index in [9.17, 15) is 13.2 Å². The SMILES string of the molecule is FC(F)(F)c1ccc(CC(Cl)c2ccc(Br)cc2Br)cc1. The number of hydrogen-bond acceptors (Lipinski definition) is 0. The van der Waals surface area contributed by atoms with E-state index >= 15 is 0 Å². The van der Waals surface area contributed by atoms with E-state index in [0.29, 0.717) is 6.42 Å². The highest BCUT2D eigenvalue weighted by Gasteiger charge is 2.30. The minimum absolute atomic E-state index is 0.316. The molecular weight excluding hydrogens is 432 g/mol. The third kappa shape index (κ3) is 4.47. The van der Waals surface area contributed by atoms with Gasteiger partial charge in [0.2, 0.25) is 0 Å². The highest BCUT2D eigenvalue weighted by Crippen LogP contribution is 2.34. The van der Waals surface area contributed by atoms with Gasteiger partial charge in [0.15, 0.2) is 0 Å². The molecule has 0 radical (unpaired) electrons. The number of benzene rings is 2. The van der Waals surface area contributed by atoms with Crippen molar-refractivity contribution < 1.29 is 13.2 Å². The predicted molar refractivity (Wildman–Crippen MR) is 85.6 cm³/mol. The van der Waals surface area contributed by atoms with Gasteiger partial charge in [0.25, 0.3) is 0 Å². The first-order chi connectivity index (χ1) is 9.77. The molecule has 0 amide bonds. The zero-order chi connectivity index (χ0) is 15.6. The topological polar surface area (TPSA) is 0 Å². The summed E-state index contributed by atoms with van der Waals surface area (Å²) in [4.78, 5) is 0. The molecule has 0 nitrogen and oxygen atoms in total. The van der Waals surface area contributed by atoms with Crippen molar-refractivity contribution in [2.75, 3.05) is 0 Å². The van der Waals surface area contributed by atoms with Crippen LogP contribution in [0, 0.1) is 0 Å². The molecule has 0 bridgehead atoms. The lowest BCUT2D eigenvalue weighted by Crippen LogP contribution is -2.05. The Bertz CT molecular complexity index is 624. The Morgan fingerprint density at radius 3 is 2.14 bits per heavy atom. The summed E-state index contributed by atoms with van der Waals surface area (Å²) in [5.74, 6) is 0. The molecule has 0 fully saturated rings. The van der Waals surface area contributed by atoms with E-state index in [0.717, 1.165) is 32.2 Å². The van der Waals surface area contributed by atoms with Gasteiger partial charge < -0.3 is 0 Å². The van der Waals surface area contributed by atoms with Crippen molar-refractivity contribution >= 4 is 43.5 Å². The summed E-state index contributed by atoms with van der Waals surface area (Å²) in [5, 5.41) is -0.316. The Balaban J connectivity index is 2.14. The second kappa shape index (κ2) is 6.71. The van der Waals surface area contributed by atoms with Gasteiger partial charge in [-0.2, -0.15) is 13.2 Å². The van der Waals surface area contributed by atoms with E-state index in [-0.39, 0.29) is 5.38 Å². The van der Waals surface area contributed by atoms with Crippen molar-refractivity contribution in [2.24, 2.45) is 0 Å². The molecular formula is C15H10Br2ClF3. The van der Waals surface area contributed by atoms with Crippen LogP contribution in [0.3, 0.4) is 0 Å². The van der Waals surface area contributed by atoms with Crippen LogP contribution in [0.4, 0.5) is 13.2 Å². The van der Waals surface area contributed by atoms with Crippen molar-refractivity contribution in [2.45, 2.75) is 18.0 Å². The van der Waals surface area contributed by atoms with Gasteiger partial charge in [-0.1, -0.05) is 50.1 Å². The Morgan fingerprint density at radius 2 is 1.62 bits per heavy atom. The average molecular weight is 443 g/mol. The average Bonchev–Trinajstić information content (AvgIpc) is 2.38. The molecule has 0 heterocycles. The maximum Gasteiger partial charge on any atom is 0.416 e. The van der Waals surface area contributed by atoms with E-state index in [1.165, 1.54) is 12.1 Å². The van der Waals surface area contributed by atoms with E-state index in [2.05, 4.69) is 31.9 Å². The summed E-state index contributed by atoms with van der Waals surface area (Å²) in [6, 6.07) is 10.7. The smallest absolute Gasteiger partial charge is 0.166 e. The fourth-order valence-electron chi connectivity index (χ4n) is 1.90. The van der Waals surface area contributed by atoms with Crippen molar-refractivity contribution in [3.8, 4) is 0 Å². The van der Waals surface area contributed by atoms with E-state index in [1.54, 1.807) is 0 Å². The van der Waals surface area contributed by atoms with Gasteiger partial charge in [0, 0.05) is 8.95 Å². The summed E-state index contributed by atoms with van der Waals surface area (Å²) in [7, 11) is 0. The molecule has 2 aromatic carbocycles. The van der Waals surface area contributed by atoms with Gasteiger partial charge in [0.05, 0.1) is 10.9 Å². The summed E-state index contributed by atoms with van der Waals surface area (Å²) in [5.41, 5.74) is 1.01. The van der Waals surface area contributed by atoms with Crippen LogP contribution >= 0.6 is 43.5 Å². The first-order valence-electron chi connectivity index (χ1n) is 6.02. The van der Waals surface area contributed by atoms with E-state index in [4.69, 9.17) is 11.6 Å². The summed E-state index contributed by atoms with van der Waals surface area (Å²) in [6.07, 6.45) is -3.85. The molecule has 0 saturated carbocycles. The first-order valence-corrected chi connectivity index (χ1v) is 8.05. The zero-order valence-corrected chi connectivity index (χ0v) is 14.5. The fourth-order valence-corrected chi connectivity index (χ4v) is 3.73. The Hall–Kier alpha value is -0.520. The third-order valence-electron chi connectivity index (χ3n) is 3.00. The molecule has 21 heavy (non-hydrogen) atoms. The molecule has 6 heteroatoms. The molecule has 0 aliphatic rings. The molecule has 0 aliphatic carbocycles. The van der Waals surface area contributed by atoms with Crippen LogP contribution in [-0.2, 0) is 12.6 Å². The van der Waals surface area contributed by atoms with Crippen LogP contribution < -0.4 is 0 Å². The Kier molecular flexibility index (Phi) is 5.38. The predicted octanol–water partition coefficient (Wildman–Crippen LogP) is 6.75. The maximum atomic E-state index is 12.5.